The van der Waals surface area contributed by atoms with Crippen LogP contribution in [0.4, 0.5) is 5.69 Å². The zero-order valence-corrected chi connectivity index (χ0v) is 13.5. The number of aryl methyl sites for hydroxylation is 2. The summed E-state index contributed by atoms with van der Waals surface area (Å²) in [5, 5.41) is 3.49. The average Bonchev–Trinajstić information content (AvgIpc) is 2.73. The van der Waals surface area contributed by atoms with E-state index < -0.39 is 0 Å². The van der Waals surface area contributed by atoms with Crippen molar-refractivity contribution in [1.82, 2.24) is 0 Å². The third-order valence-electron chi connectivity index (χ3n) is 3.07. The predicted molar refractivity (Wildman–Crippen MR) is 87.9 cm³/mol. The molecule has 2 rings (SSSR count). The smallest absolute Gasteiger partial charge is 0.142 e. The van der Waals surface area contributed by atoms with Crippen molar-refractivity contribution in [3.05, 3.63) is 45.6 Å². The molecule has 2 aromatic rings. The molecule has 20 heavy (non-hydrogen) atoms. The highest BCUT2D eigenvalue weighted by molar-refractivity contribution is 7.12. The topological polar surface area (TPSA) is 21.3 Å². The normalized spacial score (nSPS) is 10.8. The van der Waals surface area contributed by atoms with Crippen LogP contribution in [0.5, 0.6) is 5.75 Å². The minimum Gasteiger partial charge on any atom is -0.491 e. The van der Waals surface area contributed by atoms with E-state index >= 15 is 0 Å². The standard InChI is InChI=1S/C17H23NOS/c1-12(2)11-19-17-8-6-5-7-16(17)18-10-15-9-13(3)20-14(15)4/h5-9,12,18H,10-11H2,1-4H3. The van der Waals surface area contributed by atoms with Crippen LogP contribution < -0.4 is 10.1 Å². The lowest BCUT2D eigenvalue weighted by Gasteiger charge is -2.14. The first kappa shape index (κ1) is 14.9. The molecular formula is C17H23NOS. The second-order valence-electron chi connectivity index (χ2n) is 5.49. The van der Waals surface area contributed by atoms with Crippen molar-refractivity contribution < 1.29 is 4.74 Å². The number of anilines is 1. The number of benzene rings is 1. The van der Waals surface area contributed by atoms with Crippen molar-refractivity contribution in [1.29, 1.82) is 0 Å². The molecule has 1 heterocycles. The Morgan fingerprint density at radius 3 is 2.60 bits per heavy atom. The zero-order valence-electron chi connectivity index (χ0n) is 12.7. The molecule has 0 saturated heterocycles. The number of nitrogens with one attached hydrogen (secondary N) is 1. The molecule has 0 aliphatic heterocycles. The van der Waals surface area contributed by atoms with E-state index in [1.807, 2.05) is 29.5 Å². The van der Waals surface area contributed by atoms with Gasteiger partial charge in [0.05, 0.1) is 12.3 Å². The number of hydrogen-bond donors (Lipinski definition) is 1. The molecule has 3 heteroatoms. The summed E-state index contributed by atoms with van der Waals surface area (Å²) >= 11 is 1.85. The van der Waals surface area contributed by atoms with Gasteiger partial charge in [-0.2, -0.15) is 0 Å². The third kappa shape index (κ3) is 4.01. The van der Waals surface area contributed by atoms with Crippen molar-refractivity contribution >= 4 is 17.0 Å². The van der Waals surface area contributed by atoms with Crippen molar-refractivity contribution in [2.24, 2.45) is 5.92 Å². The van der Waals surface area contributed by atoms with Crippen LogP contribution in [0.15, 0.2) is 30.3 Å². The van der Waals surface area contributed by atoms with Gasteiger partial charge in [0.15, 0.2) is 0 Å². The van der Waals surface area contributed by atoms with Crippen molar-refractivity contribution in [3.8, 4) is 5.75 Å². The Bertz CT molecular complexity index is 560. The zero-order chi connectivity index (χ0) is 14.5. The minimum atomic E-state index is 0.532. The van der Waals surface area contributed by atoms with E-state index in [-0.39, 0.29) is 0 Å². The number of rotatable bonds is 6. The number of para-hydroxylation sites is 2. The van der Waals surface area contributed by atoms with Crippen LogP contribution in [-0.2, 0) is 6.54 Å². The first-order valence-corrected chi connectivity index (χ1v) is 7.89. The van der Waals surface area contributed by atoms with Gasteiger partial charge in [-0.15, -0.1) is 11.3 Å². The first-order valence-electron chi connectivity index (χ1n) is 7.08. The van der Waals surface area contributed by atoms with Crippen LogP contribution in [0.1, 0.15) is 29.2 Å². The van der Waals surface area contributed by atoms with Gasteiger partial charge < -0.3 is 10.1 Å². The SMILES string of the molecule is Cc1cc(CNc2ccccc2OCC(C)C)c(C)s1. The molecule has 2 nitrogen and oxygen atoms in total. The number of ether oxygens (including phenoxy) is 1. The van der Waals surface area contributed by atoms with Crippen molar-refractivity contribution in [3.63, 3.8) is 0 Å². The summed E-state index contributed by atoms with van der Waals surface area (Å²) in [6.07, 6.45) is 0. The highest BCUT2D eigenvalue weighted by Gasteiger charge is 2.06. The molecule has 0 aliphatic carbocycles. The molecule has 0 fully saturated rings. The summed E-state index contributed by atoms with van der Waals surface area (Å²) in [6, 6.07) is 10.4. The van der Waals surface area contributed by atoms with Gasteiger partial charge in [0, 0.05) is 16.3 Å². The van der Waals surface area contributed by atoms with Crippen LogP contribution in [0.3, 0.4) is 0 Å². The molecule has 0 unspecified atom stereocenters. The fourth-order valence-electron chi connectivity index (χ4n) is 2.04. The van der Waals surface area contributed by atoms with E-state index in [4.69, 9.17) is 4.74 Å². The largest absolute Gasteiger partial charge is 0.491 e. The summed E-state index contributed by atoms with van der Waals surface area (Å²) in [7, 11) is 0. The Balaban J connectivity index is 2.03. The highest BCUT2D eigenvalue weighted by atomic mass is 32.1. The molecule has 0 amide bonds. The second kappa shape index (κ2) is 6.80. The quantitative estimate of drug-likeness (QED) is 0.807. The minimum absolute atomic E-state index is 0.532. The average molecular weight is 289 g/mol. The molecular weight excluding hydrogens is 266 g/mol. The van der Waals surface area contributed by atoms with Crippen LogP contribution in [0.2, 0.25) is 0 Å². The van der Waals surface area contributed by atoms with Gasteiger partial charge >= 0.3 is 0 Å². The van der Waals surface area contributed by atoms with Gasteiger partial charge in [-0.25, -0.2) is 0 Å². The third-order valence-corrected chi connectivity index (χ3v) is 4.08. The molecule has 0 bridgehead atoms. The molecule has 0 saturated carbocycles. The Morgan fingerprint density at radius 1 is 1.20 bits per heavy atom. The summed E-state index contributed by atoms with van der Waals surface area (Å²) < 4.78 is 5.86. The molecule has 0 atom stereocenters. The van der Waals surface area contributed by atoms with Gasteiger partial charge in [-0.3, -0.25) is 0 Å². The van der Waals surface area contributed by atoms with Crippen molar-refractivity contribution in [2.75, 3.05) is 11.9 Å². The monoisotopic (exact) mass is 289 g/mol. The molecule has 1 aromatic carbocycles. The summed E-state index contributed by atoms with van der Waals surface area (Å²) in [6.45, 7) is 10.2. The second-order valence-corrected chi connectivity index (χ2v) is 6.95. The van der Waals surface area contributed by atoms with Crippen LogP contribution in [0, 0.1) is 19.8 Å². The van der Waals surface area contributed by atoms with Gasteiger partial charge in [0.2, 0.25) is 0 Å². The molecule has 0 radical (unpaired) electrons. The predicted octanol–water partition coefficient (Wildman–Crippen LogP) is 5.01. The molecule has 108 valence electrons. The lowest BCUT2D eigenvalue weighted by atomic mass is 10.2. The summed E-state index contributed by atoms with van der Waals surface area (Å²) in [5.41, 5.74) is 2.43. The Labute approximate surface area is 125 Å². The summed E-state index contributed by atoms with van der Waals surface area (Å²) in [5.74, 6) is 1.47. The fourth-order valence-corrected chi connectivity index (χ4v) is 2.99. The maximum absolute atomic E-state index is 5.86. The van der Waals surface area contributed by atoms with E-state index in [2.05, 4.69) is 45.1 Å². The van der Waals surface area contributed by atoms with Crippen LogP contribution in [-0.4, -0.2) is 6.61 Å². The van der Waals surface area contributed by atoms with Gasteiger partial charge in [0.25, 0.3) is 0 Å². The lowest BCUT2D eigenvalue weighted by molar-refractivity contribution is 0.272. The van der Waals surface area contributed by atoms with E-state index in [9.17, 15) is 0 Å². The Hall–Kier alpha value is -1.48. The lowest BCUT2D eigenvalue weighted by Crippen LogP contribution is -2.07. The van der Waals surface area contributed by atoms with Gasteiger partial charge in [0.1, 0.15) is 5.75 Å². The van der Waals surface area contributed by atoms with Gasteiger partial charge in [-0.05, 0) is 43.5 Å². The summed E-state index contributed by atoms with van der Waals surface area (Å²) in [4.78, 5) is 2.75. The molecule has 1 aromatic heterocycles. The Kier molecular flexibility index (Phi) is 5.07. The molecule has 0 aliphatic rings. The first-order chi connectivity index (χ1) is 9.56. The maximum atomic E-state index is 5.86. The van der Waals surface area contributed by atoms with E-state index in [1.54, 1.807) is 0 Å². The fraction of sp³-hybridized carbons (Fsp3) is 0.412. The molecule has 1 N–H and O–H groups in total. The van der Waals surface area contributed by atoms with Gasteiger partial charge in [-0.1, -0.05) is 26.0 Å². The van der Waals surface area contributed by atoms with E-state index in [1.165, 1.54) is 15.3 Å². The molecule has 0 spiro atoms. The van der Waals surface area contributed by atoms with Crippen LogP contribution in [0.25, 0.3) is 0 Å². The van der Waals surface area contributed by atoms with Crippen molar-refractivity contribution in [2.45, 2.75) is 34.2 Å². The van der Waals surface area contributed by atoms with E-state index in [0.29, 0.717) is 5.92 Å². The van der Waals surface area contributed by atoms with E-state index in [0.717, 1.165) is 24.6 Å². The Morgan fingerprint density at radius 2 is 1.95 bits per heavy atom. The van der Waals surface area contributed by atoms with Crippen LogP contribution >= 0.6 is 11.3 Å². The maximum Gasteiger partial charge on any atom is 0.142 e. The number of hydrogen-bond acceptors (Lipinski definition) is 3. The number of thiophene rings is 1. The highest BCUT2D eigenvalue weighted by Crippen LogP contribution is 2.26.